The standard InChI is InChI=1S/C13H19NO.C2H7N.2H2/c1-12(7-8-14-9-10-15)11-13-5-3-2-4-6-13;1-2-3;;/h2-6,10,12,14H,7-9,11H2,1H3;2-3H2,1H3;2*1H/t12-;;;/m1.../s1. The highest BCUT2D eigenvalue weighted by atomic mass is 16.1. The molecule has 0 saturated carbocycles. The van der Waals surface area contributed by atoms with Crippen molar-refractivity contribution in [2.75, 3.05) is 19.6 Å². The second-order valence-electron chi connectivity index (χ2n) is 4.36. The number of benzene rings is 1. The topological polar surface area (TPSA) is 55.1 Å². The molecule has 0 spiro atoms. The minimum absolute atomic E-state index is 0. The molecule has 0 aliphatic rings. The SMILES string of the molecule is CCN.C[C@H](CCNCC=O)Cc1ccccc1.[HH].[HH]. The van der Waals surface area contributed by atoms with Crippen LogP contribution in [-0.2, 0) is 11.2 Å². The summed E-state index contributed by atoms with van der Waals surface area (Å²) in [5, 5.41) is 3.08. The Labute approximate surface area is 114 Å². The molecule has 0 amide bonds. The molecule has 18 heavy (non-hydrogen) atoms. The van der Waals surface area contributed by atoms with Gasteiger partial charge in [-0.1, -0.05) is 44.2 Å². The normalized spacial score (nSPS) is 11.3. The van der Waals surface area contributed by atoms with Gasteiger partial charge in [-0.25, -0.2) is 0 Å². The Morgan fingerprint density at radius 3 is 2.56 bits per heavy atom. The van der Waals surface area contributed by atoms with E-state index in [1.165, 1.54) is 5.56 Å². The molecule has 106 valence electrons. The fourth-order valence-electron chi connectivity index (χ4n) is 1.63. The van der Waals surface area contributed by atoms with Gasteiger partial charge in [-0.05, 0) is 37.4 Å². The molecule has 3 N–H and O–H groups in total. The van der Waals surface area contributed by atoms with E-state index < -0.39 is 0 Å². The van der Waals surface area contributed by atoms with E-state index in [2.05, 4.69) is 36.5 Å². The highest BCUT2D eigenvalue weighted by Gasteiger charge is 2.02. The Morgan fingerprint density at radius 1 is 1.39 bits per heavy atom. The van der Waals surface area contributed by atoms with Gasteiger partial charge in [0.2, 0.25) is 0 Å². The number of rotatable bonds is 7. The Kier molecular flexibility index (Phi) is 11.5. The van der Waals surface area contributed by atoms with E-state index in [1.54, 1.807) is 0 Å². The summed E-state index contributed by atoms with van der Waals surface area (Å²) in [6, 6.07) is 10.5. The van der Waals surface area contributed by atoms with Crippen molar-refractivity contribution in [3.05, 3.63) is 35.9 Å². The quantitative estimate of drug-likeness (QED) is 0.580. The van der Waals surface area contributed by atoms with Crippen LogP contribution in [0.5, 0.6) is 0 Å². The van der Waals surface area contributed by atoms with E-state index in [0.29, 0.717) is 12.5 Å². The minimum Gasteiger partial charge on any atom is -0.331 e. The smallest absolute Gasteiger partial charge is 0.133 e. The van der Waals surface area contributed by atoms with Crippen LogP contribution in [0.15, 0.2) is 30.3 Å². The third kappa shape index (κ3) is 10.00. The average Bonchev–Trinajstić information content (AvgIpc) is 2.37. The molecule has 0 unspecified atom stereocenters. The summed E-state index contributed by atoms with van der Waals surface area (Å²) in [4.78, 5) is 10.1. The van der Waals surface area contributed by atoms with Gasteiger partial charge in [0.25, 0.3) is 0 Å². The van der Waals surface area contributed by atoms with Gasteiger partial charge < -0.3 is 15.8 Å². The zero-order valence-electron chi connectivity index (χ0n) is 11.6. The summed E-state index contributed by atoms with van der Waals surface area (Å²) in [5.41, 5.74) is 6.24. The zero-order valence-corrected chi connectivity index (χ0v) is 11.6. The number of carbonyl (C=O) groups is 1. The van der Waals surface area contributed by atoms with Crippen LogP contribution in [0.2, 0.25) is 0 Å². The Bertz CT molecular complexity index is 297. The lowest BCUT2D eigenvalue weighted by atomic mass is 9.98. The molecule has 0 fully saturated rings. The second kappa shape index (κ2) is 12.3. The largest absolute Gasteiger partial charge is 0.331 e. The molecular formula is C15H30N2O. The number of carbonyl (C=O) groups excluding carboxylic acids is 1. The van der Waals surface area contributed by atoms with E-state index >= 15 is 0 Å². The highest BCUT2D eigenvalue weighted by molar-refractivity contribution is 5.51. The van der Waals surface area contributed by atoms with E-state index in [1.807, 2.05) is 13.0 Å². The van der Waals surface area contributed by atoms with E-state index in [0.717, 1.165) is 32.2 Å². The molecule has 0 aromatic heterocycles. The first-order valence-corrected chi connectivity index (χ1v) is 6.62. The van der Waals surface area contributed by atoms with Crippen molar-refractivity contribution in [1.82, 2.24) is 5.32 Å². The fraction of sp³-hybridized carbons (Fsp3) is 0.533. The third-order valence-corrected chi connectivity index (χ3v) is 2.47. The van der Waals surface area contributed by atoms with Crippen molar-refractivity contribution < 1.29 is 7.65 Å². The van der Waals surface area contributed by atoms with Crippen LogP contribution in [0, 0.1) is 5.92 Å². The van der Waals surface area contributed by atoms with E-state index in [9.17, 15) is 4.79 Å². The lowest BCUT2D eigenvalue weighted by Gasteiger charge is -2.11. The number of hydrogen-bond donors (Lipinski definition) is 2. The summed E-state index contributed by atoms with van der Waals surface area (Å²) >= 11 is 0. The fourth-order valence-corrected chi connectivity index (χ4v) is 1.63. The van der Waals surface area contributed by atoms with Crippen molar-refractivity contribution >= 4 is 6.29 Å². The van der Waals surface area contributed by atoms with E-state index in [-0.39, 0.29) is 2.85 Å². The minimum atomic E-state index is 0. The van der Waals surface area contributed by atoms with Crippen molar-refractivity contribution in [3.63, 3.8) is 0 Å². The molecule has 0 heterocycles. The monoisotopic (exact) mass is 254 g/mol. The first kappa shape index (κ1) is 16.8. The van der Waals surface area contributed by atoms with Crippen LogP contribution in [0.4, 0.5) is 0 Å². The molecule has 0 saturated heterocycles. The van der Waals surface area contributed by atoms with Crippen molar-refractivity contribution in [2.45, 2.75) is 26.7 Å². The summed E-state index contributed by atoms with van der Waals surface area (Å²) in [5.74, 6) is 0.659. The molecule has 0 aliphatic heterocycles. The maximum Gasteiger partial charge on any atom is 0.133 e. The molecular weight excluding hydrogens is 224 g/mol. The molecule has 1 aromatic carbocycles. The molecule has 0 aliphatic carbocycles. The van der Waals surface area contributed by atoms with Crippen LogP contribution >= 0.6 is 0 Å². The van der Waals surface area contributed by atoms with Crippen LogP contribution in [0.25, 0.3) is 0 Å². The molecule has 0 radical (unpaired) electrons. The summed E-state index contributed by atoms with van der Waals surface area (Å²) in [6.07, 6.45) is 3.13. The maximum atomic E-state index is 10.1. The average molecular weight is 254 g/mol. The van der Waals surface area contributed by atoms with Gasteiger partial charge in [0.1, 0.15) is 6.29 Å². The van der Waals surface area contributed by atoms with Gasteiger partial charge >= 0.3 is 0 Å². The van der Waals surface area contributed by atoms with Crippen LogP contribution in [0.3, 0.4) is 0 Å². The Balaban J connectivity index is -0.000000530. The molecule has 1 aromatic rings. The molecule has 3 nitrogen and oxygen atoms in total. The highest BCUT2D eigenvalue weighted by Crippen LogP contribution is 2.10. The molecule has 0 bridgehead atoms. The maximum absolute atomic E-state index is 10.1. The third-order valence-electron chi connectivity index (χ3n) is 2.47. The van der Waals surface area contributed by atoms with Gasteiger partial charge in [0, 0.05) is 2.85 Å². The Hall–Kier alpha value is -1.19. The predicted molar refractivity (Wildman–Crippen MR) is 81.8 cm³/mol. The first-order valence-electron chi connectivity index (χ1n) is 6.62. The summed E-state index contributed by atoms with van der Waals surface area (Å²) in [7, 11) is 0. The van der Waals surface area contributed by atoms with Gasteiger partial charge in [0.05, 0.1) is 6.54 Å². The number of aldehydes is 1. The van der Waals surface area contributed by atoms with Crippen molar-refractivity contribution in [2.24, 2.45) is 11.7 Å². The van der Waals surface area contributed by atoms with Crippen molar-refractivity contribution in [3.8, 4) is 0 Å². The molecule has 3 heteroatoms. The van der Waals surface area contributed by atoms with Crippen LogP contribution in [-0.4, -0.2) is 25.9 Å². The Morgan fingerprint density at radius 2 is 2.00 bits per heavy atom. The predicted octanol–water partition coefficient (Wildman–Crippen LogP) is 2.50. The second-order valence-corrected chi connectivity index (χ2v) is 4.36. The van der Waals surface area contributed by atoms with E-state index in [4.69, 9.17) is 5.73 Å². The van der Waals surface area contributed by atoms with Crippen LogP contribution in [0.1, 0.15) is 28.7 Å². The summed E-state index contributed by atoms with van der Waals surface area (Å²) in [6.45, 7) is 6.29. The zero-order chi connectivity index (χ0) is 13.6. The lowest BCUT2D eigenvalue weighted by Crippen LogP contribution is -2.19. The lowest BCUT2D eigenvalue weighted by molar-refractivity contribution is -0.107. The molecule has 1 rings (SSSR count). The number of nitrogens with two attached hydrogens (primary N) is 1. The van der Waals surface area contributed by atoms with Gasteiger partial charge in [0.15, 0.2) is 0 Å². The van der Waals surface area contributed by atoms with Gasteiger partial charge in [-0.15, -0.1) is 0 Å². The van der Waals surface area contributed by atoms with Gasteiger partial charge in [-0.3, -0.25) is 0 Å². The number of hydrogen-bond acceptors (Lipinski definition) is 3. The van der Waals surface area contributed by atoms with Crippen molar-refractivity contribution in [1.29, 1.82) is 0 Å². The molecule has 1 atom stereocenters. The van der Waals surface area contributed by atoms with Crippen LogP contribution < -0.4 is 11.1 Å². The van der Waals surface area contributed by atoms with Gasteiger partial charge in [-0.2, -0.15) is 0 Å². The first-order chi connectivity index (χ1) is 8.74. The number of nitrogens with one attached hydrogen (secondary N) is 1. The summed E-state index contributed by atoms with van der Waals surface area (Å²) < 4.78 is 0.